The summed E-state index contributed by atoms with van der Waals surface area (Å²) >= 11 is 0. The number of ether oxygens (including phenoxy) is 1. The molecule has 0 amide bonds. The minimum absolute atomic E-state index is 0.251. The van der Waals surface area contributed by atoms with Gasteiger partial charge in [-0.25, -0.2) is 0 Å². The molecule has 300 valence electrons. The van der Waals surface area contributed by atoms with Crippen molar-refractivity contribution in [2.45, 2.75) is 24.7 Å². The molecule has 0 fully saturated rings. The Morgan fingerprint density at radius 2 is 1.11 bits per heavy atom. The van der Waals surface area contributed by atoms with E-state index in [-0.39, 0.29) is 5.92 Å². The van der Waals surface area contributed by atoms with Gasteiger partial charge < -0.3 is 14.2 Å². The van der Waals surface area contributed by atoms with Gasteiger partial charge in [-0.3, -0.25) is 0 Å². The van der Waals surface area contributed by atoms with Gasteiger partial charge in [-0.1, -0.05) is 164 Å². The van der Waals surface area contributed by atoms with E-state index in [0.29, 0.717) is 5.92 Å². The van der Waals surface area contributed by atoms with Crippen molar-refractivity contribution in [3.8, 4) is 44.8 Å². The fraction of sp³-hybridized carbons (Fsp3) is 0.0667. The Hall–Kier alpha value is -7.88. The molecule has 2 unspecified atom stereocenters. The maximum Gasteiger partial charge on any atom is 0.131 e. The van der Waals surface area contributed by atoms with Crippen molar-refractivity contribution >= 4 is 38.9 Å². The molecule has 0 N–H and O–H groups in total. The van der Waals surface area contributed by atoms with E-state index in [0.717, 1.165) is 41.4 Å². The molecular formula is C60H44N2O. The Kier molecular flexibility index (Phi) is 9.11. The molecule has 0 spiro atoms. The Morgan fingerprint density at radius 1 is 0.476 bits per heavy atom. The van der Waals surface area contributed by atoms with Crippen molar-refractivity contribution in [2.75, 3.05) is 4.90 Å². The van der Waals surface area contributed by atoms with Crippen LogP contribution in [0.2, 0.25) is 0 Å². The number of fused-ring (bicyclic) bond motifs is 6. The summed E-state index contributed by atoms with van der Waals surface area (Å²) in [6.45, 7) is 0. The molecule has 63 heavy (non-hydrogen) atoms. The largest absolute Gasteiger partial charge is 0.461 e. The number of benzene rings is 8. The van der Waals surface area contributed by atoms with E-state index in [2.05, 4.69) is 240 Å². The number of nitrogens with zero attached hydrogens (tertiary/aromatic N) is 2. The van der Waals surface area contributed by atoms with E-state index < -0.39 is 0 Å². The maximum atomic E-state index is 6.29. The van der Waals surface area contributed by atoms with E-state index in [1.807, 2.05) is 0 Å². The van der Waals surface area contributed by atoms with Crippen LogP contribution in [0.4, 0.5) is 17.1 Å². The van der Waals surface area contributed by atoms with Crippen molar-refractivity contribution in [1.82, 2.24) is 4.57 Å². The number of aromatic nitrogens is 1. The third kappa shape index (κ3) is 6.61. The van der Waals surface area contributed by atoms with Crippen LogP contribution in [0.5, 0.6) is 5.75 Å². The molecule has 8 aromatic carbocycles. The van der Waals surface area contributed by atoms with Crippen molar-refractivity contribution in [1.29, 1.82) is 0 Å². The highest BCUT2D eigenvalue weighted by Crippen LogP contribution is 2.48. The summed E-state index contributed by atoms with van der Waals surface area (Å²) in [6.07, 6.45) is 17.3. The zero-order valence-corrected chi connectivity index (χ0v) is 34.8. The molecule has 3 heteroatoms. The number of para-hydroxylation sites is 2. The Labute approximate surface area is 368 Å². The number of rotatable bonds is 8. The molecule has 3 aliphatic rings. The van der Waals surface area contributed by atoms with E-state index in [4.69, 9.17) is 4.74 Å². The highest BCUT2D eigenvalue weighted by Gasteiger charge is 2.31. The minimum Gasteiger partial charge on any atom is -0.461 e. The molecule has 2 atom stereocenters. The predicted molar refractivity (Wildman–Crippen MR) is 263 cm³/mol. The second-order valence-electron chi connectivity index (χ2n) is 16.8. The van der Waals surface area contributed by atoms with E-state index in [1.165, 1.54) is 72.0 Å². The molecule has 9 aromatic rings. The second-order valence-corrected chi connectivity index (χ2v) is 16.8. The highest BCUT2D eigenvalue weighted by molar-refractivity contribution is 6.10. The Bertz CT molecular complexity index is 3290. The monoisotopic (exact) mass is 808 g/mol. The topological polar surface area (TPSA) is 17.4 Å². The van der Waals surface area contributed by atoms with Crippen LogP contribution in [-0.2, 0) is 0 Å². The van der Waals surface area contributed by atoms with Crippen LogP contribution >= 0.6 is 0 Å². The third-order valence-corrected chi connectivity index (χ3v) is 13.1. The molecular weight excluding hydrogens is 765 g/mol. The summed E-state index contributed by atoms with van der Waals surface area (Å²) in [4.78, 5) is 2.36. The van der Waals surface area contributed by atoms with Crippen LogP contribution in [0.1, 0.15) is 35.8 Å². The van der Waals surface area contributed by atoms with Gasteiger partial charge >= 0.3 is 0 Å². The van der Waals surface area contributed by atoms with Gasteiger partial charge in [-0.2, -0.15) is 0 Å². The smallest absolute Gasteiger partial charge is 0.131 e. The van der Waals surface area contributed by atoms with Crippen molar-refractivity contribution in [2.24, 2.45) is 0 Å². The Balaban J connectivity index is 0.884. The molecule has 2 aliphatic carbocycles. The van der Waals surface area contributed by atoms with Crippen molar-refractivity contribution < 1.29 is 4.74 Å². The van der Waals surface area contributed by atoms with Gasteiger partial charge in [0.25, 0.3) is 0 Å². The lowest BCUT2D eigenvalue weighted by atomic mass is 9.92. The summed E-state index contributed by atoms with van der Waals surface area (Å²) in [5.74, 6) is 2.62. The van der Waals surface area contributed by atoms with Gasteiger partial charge in [0.1, 0.15) is 11.5 Å². The van der Waals surface area contributed by atoms with Crippen molar-refractivity contribution in [3.05, 3.63) is 247 Å². The molecule has 1 aliphatic heterocycles. The summed E-state index contributed by atoms with van der Waals surface area (Å²) in [7, 11) is 0. The van der Waals surface area contributed by atoms with E-state index in [1.54, 1.807) is 0 Å². The van der Waals surface area contributed by atoms with Crippen LogP contribution in [0.25, 0.3) is 60.9 Å². The standard InChI is InChI=1S/C60H44N2O/c1-3-13-41(14-4-1)44-27-32-48(33-28-44)61(50-36-38-60-55(40-50)54-19-9-12-22-59(54)63-60)49-34-29-45(30-35-49)43-23-25-46(26-24-43)51-17-7-10-20-56(51)62-57-21-11-8-18-52(57)53-37-31-47(39-58(53)62)42-15-5-2-6-16-42/h1-15,17-18,20-40,42,54H,16,19H2. The Morgan fingerprint density at radius 3 is 1.87 bits per heavy atom. The average Bonchev–Trinajstić information content (AvgIpc) is 3.90. The summed E-state index contributed by atoms with van der Waals surface area (Å²) in [6, 6.07) is 68.9. The van der Waals surface area contributed by atoms with Gasteiger partial charge in [-0.05, 0) is 113 Å². The molecule has 0 saturated heterocycles. The minimum atomic E-state index is 0.251. The summed E-state index contributed by atoms with van der Waals surface area (Å²) in [5.41, 5.74) is 16.7. The fourth-order valence-electron chi connectivity index (χ4n) is 9.91. The first-order valence-corrected chi connectivity index (χ1v) is 22.0. The maximum absolute atomic E-state index is 6.29. The zero-order chi connectivity index (χ0) is 41.7. The lowest BCUT2D eigenvalue weighted by molar-refractivity contribution is 0.425. The lowest BCUT2D eigenvalue weighted by Gasteiger charge is -2.26. The SMILES string of the molecule is C1=CCC(c2ccc3c4ccccc4n(-c4ccccc4-c4ccc(-c5ccc(N(c6ccc(-c7ccccc7)cc6)c6ccc7c(c6)C6CC=CC=C6O7)cc5)cc4)c3c2)C=C1. The molecule has 0 bridgehead atoms. The molecule has 0 radical (unpaired) electrons. The normalized spacial score (nSPS) is 16.2. The molecule has 1 aromatic heterocycles. The van der Waals surface area contributed by atoms with Crippen LogP contribution in [-0.4, -0.2) is 4.57 Å². The van der Waals surface area contributed by atoms with Crippen LogP contribution < -0.4 is 9.64 Å². The van der Waals surface area contributed by atoms with Crippen LogP contribution in [0, 0.1) is 0 Å². The third-order valence-electron chi connectivity index (χ3n) is 13.1. The van der Waals surface area contributed by atoms with E-state index >= 15 is 0 Å². The molecule has 3 nitrogen and oxygen atoms in total. The van der Waals surface area contributed by atoms with Crippen molar-refractivity contribution in [3.63, 3.8) is 0 Å². The van der Waals surface area contributed by atoms with Gasteiger partial charge in [0, 0.05) is 50.8 Å². The number of hydrogen-bond donors (Lipinski definition) is 0. The van der Waals surface area contributed by atoms with Crippen LogP contribution in [0.15, 0.2) is 236 Å². The first-order valence-electron chi connectivity index (χ1n) is 22.0. The number of allylic oxidation sites excluding steroid dienone is 8. The van der Waals surface area contributed by atoms with Gasteiger partial charge in [0.05, 0.1) is 16.7 Å². The lowest BCUT2D eigenvalue weighted by Crippen LogP contribution is -2.10. The molecule has 2 heterocycles. The molecule has 12 rings (SSSR count). The fourth-order valence-corrected chi connectivity index (χ4v) is 9.91. The van der Waals surface area contributed by atoms with E-state index in [9.17, 15) is 0 Å². The molecule has 0 saturated carbocycles. The zero-order valence-electron chi connectivity index (χ0n) is 34.8. The number of hydrogen-bond acceptors (Lipinski definition) is 2. The van der Waals surface area contributed by atoms with Gasteiger partial charge in [-0.15, -0.1) is 0 Å². The quantitative estimate of drug-likeness (QED) is 0.152. The van der Waals surface area contributed by atoms with Crippen LogP contribution in [0.3, 0.4) is 0 Å². The van der Waals surface area contributed by atoms with Gasteiger partial charge in [0.15, 0.2) is 0 Å². The first-order chi connectivity index (χ1) is 31.2. The average molecular weight is 809 g/mol. The second kappa shape index (κ2) is 15.5. The summed E-state index contributed by atoms with van der Waals surface area (Å²) < 4.78 is 8.76. The van der Waals surface area contributed by atoms with Gasteiger partial charge in [0.2, 0.25) is 0 Å². The summed E-state index contributed by atoms with van der Waals surface area (Å²) in [5, 5.41) is 2.55. The predicted octanol–water partition coefficient (Wildman–Crippen LogP) is 16.2. The highest BCUT2D eigenvalue weighted by atomic mass is 16.5. The first kappa shape index (κ1) is 36.9. The number of anilines is 3.